The van der Waals surface area contributed by atoms with E-state index < -0.39 is 16.0 Å². The molecule has 0 radical (unpaired) electrons. The standard InChI is InChI=1S/C25H27N3O4S3/c1-2-32-24(29)22-17-20(16-18-8-4-3-5-9-18)34-23(22)27-25(33)26-19-10-12-21(13-11-19)35(30,31)28-14-6-7-15-28/h3-5,8-13,17H,2,6-7,14-16H2,1H3,(H2,26,27,33). The molecule has 0 amide bonds. The number of nitrogens with zero attached hydrogens (tertiary/aromatic N) is 1. The van der Waals surface area contributed by atoms with Crippen molar-refractivity contribution in [2.24, 2.45) is 0 Å². The summed E-state index contributed by atoms with van der Waals surface area (Å²) in [4.78, 5) is 13.8. The Bertz CT molecular complexity index is 1280. The average molecular weight is 530 g/mol. The molecule has 2 N–H and O–H groups in total. The van der Waals surface area contributed by atoms with E-state index in [4.69, 9.17) is 17.0 Å². The van der Waals surface area contributed by atoms with Crippen LogP contribution < -0.4 is 10.6 Å². The number of esters is 1. The molecule has 1 aromatic heterocycles. The zero-order valence-electron chi connectivity index (χ0n) is 19.3. The first-order valence-corrected chi connectivity index (χ1v) is 14.1. The molecular weight excluding hydrogens is 502 g/mol. The summed E-state index contributed by atoms with van der Waals surface area (Å²) in [5.41, 5.74) is 2.21. The molecule has 35 heavy (non-hydrogen) atoms. The van der Waals surface area contributed by atoms with Gasteiger partial charge in [0.1, 0.15) is 5.00 Å². The molecule has 3 aromatic rings. The maximum absolute atomic E-state index is 12.7. The predicted molar refractivity (Wildman–Crippen MR) is 144 cm³/mol. The summed E-state index contributed by atoms with van der Waals surface area (Å²) in [6.45, 7) is 3.16. The molecule has 0 unspecified atom stereocenters. The van der Waals surface area contributed by atoms with Gasteiger partial charge in [0.15, 0.2) is 5.11 Å². The van der Waals surface area contributed by atoms with Crippen molar-refractivity contribution in [1.29, 1.82) is 0 Å². The highest BCUT2D eigenvalue weighted by atomic mass is 32.2. The van der Waals surface area contributed by atoms with Crippen LogP contribution in [0.4, 0.5) is 10.7 Å². The number of rotatable bonds is 8. The summed E-state index contributed by atoms with van der Waals surface area (Å²) < 4.78 is 32.2. The predicted octanol–water partition coefficient (Wildman–Crippen LogP) is 5.11. The van der Waals surface area contributed by atoms with Crippen LogP contribution in [-0.4, -0.2) is 43.5 Å². The number of benzene rings is 2. The zero-order chi connectivity index (χ0) is 24.8. The molecule has 2 heterocycles. The number of nitrogens with one attached hydrogen (secondary N) is 2. The number of thiophene rings is 1. The fourth-order valence-corrected chi connectivity index (χ4v) is 6.72. The van der Waals surface area contributed by atoms with Gasteiger partial charge in [0.25, 0.3) is 0 Å². The van der Waals surface area contributed by atoms with Crippen LogP contribution in [0.2, 0.25) is 0 Å². The number of anilines is 2. The third kappa shape index (κ3) is 6.26. The molecule has 2 aromatic carbocycles. The van der Waals surface area contributed by atoms with Crippen molar-refractivity contribution < 1.29 is 17.9 Å². The van der Waals surface area contributed by atoms with Gasteiger partial charge in [0, 0.05) is 30.1 Å². The molecule has 1 aliphatic rings. The van der Waals surface area contributed by atoms with Gasteiger partial charge in [0.05, 0.1) is 17.1 Å². The minimum Gasteiger partial charge on any atom is -0.462 e. The first-order chi connectivity index (χ1) is 16.9. The van der Waals surface area contributed by atoms with E-state index >= 15 is 0 Å². The molecule has 184 valence electrons. The smallest absolute Gasteiger partial charge is 0.341 e. The summed E-state index contributed by atoms with van der Waals surface area (Å²) in [7, 11) is -3.47. The first-order valence-electron chi connectivity index (χ1n) is 11.4. The van der Waals surface area contributed by atoms with E-state index in [0.29, 0.717) is 40.9 Å². The highest BCUT2D eigenvalue weighted by Crippen LogP contribution is 2.31. The lowest BCUT2D eigenvalue weighted by Crippen LogP contribution is -2.27. The van der Waals surface area contributed by atoms with E-state index in [-0.39, 0.29) is 11.5 Å². The van der Waals surface area contributed by atoms with Gasteiger partial charge in [-0.15, -0.1) is 11.3 Å². The second kappa shape index (κ2) is 11.3. The van der Waals surface area contributed by atoms with E-state index in [1.165, 1.54) is 15.6 Å². The van der Waals surface area contributed by atoms with Crippen LogP contribution in [0.5, 0.6) is 0 Å². The summed E-state index contributed by atoms with van der Waals surface area (Å²) in [6.07, 6.45) is 2.47. The Labute approximate surface area is 215 Å². The lowest BCUT2D eigenvalue weighted by Gasteiger charge is -2.16. The van der Waals surface area contributed by atoms with Crippen LogP contribution in [0.15, 0.2) is 65.6 Å². The van der Waals surface area contributed by atoms with Crippen molar-refractivity contribution in [2.45, 2.75) is 31.1 Å². The van der Waals surface area contributed by atoms with Crippen LogP contribution in [0.1, 0.15) is 40.6 Å². The van der Waals surface area contributed by atoms with Crippen molar-refractivity contribution in [3.8, 4) is 0 Å². The maximum Gasteiger partial charge on any atom is 0.341 e. The third-order valence-electron chi connectivity index (χ3n) is 5.54. The second-order valence-corrected chi connectivity index (χ2v) is 11.5. The lowest BCUT2D eigenvalue weighted by atomic mass is 10.1. The summed E-state index contributed by atoms with van der Waals surface area (Å²) >= 11 is 6.91. The van der Waals surface area contributed by atoms with Crippen molar-refractivity contribution in [3.05, 3.63) is 76.7 Å². The van der Waals surface area contributed by atoms with Crippen LogP contribution in [-0.2, 0) is 21.2 Å². The van der Waals surface area contributed by atoms with E-state index in [9.17, 15) is 13.2 Å². The quantitative estimate of drug-likeness (QED) is 0.310. The van der Waals surface area contributed by atoms with Crippen molar-refractivity contribution in [1.82, 2.24) is 4.31 Å². The molecule has 0 aliphatic carbocycles. The molecule has 10 heteroatoms. The molecule has 0 bridgehead atoms. The molecule has 1 saturated heterocycles. The maximum atomic E-state index is 12.7. The minimum absolute atomic E-state index is 0.261. The summed E-state index contributed by atoms with van der Waals surface area (Å²) in [6, 6.07) is 18.3. The Morgan fingerprint density at radius 3 is 2.40 bits per heavy atom. The van der Waals surface area contributed by atoms with Gasteiger partial charge in [-0.1, -0.05) is 30.3 Å². The number of carbonyl (C=O) groups is 1. The normalized spacial score (nSPS) is 14.0. The number of sulfonamides is 1. The first kappa shape index (κ1) is 25.3. The van der Waals surface area contributed by atoms with Crippen LogP contribution >= 0.6 is 23.6 Å². The molecule has 1 fully saturated rings. The van der Waals surface area contributed by atoms with Gasteiger partial charge in [-0.2, -0.15) is 4.31 Å². The Morgan fingerprint density at radius 1 is 1.06 bits per heavy atom. The van der Waals surface area contributed by atoms with Crippen LogP contribution in [0.25, 0.3) is 0 Å². The van der Waals surface area contributed by atoms with E-state index in [2.05, 4.69) is 10.6 Å². The van der Waals surface area contributed by atoms with Crippen LogP contribution in [0, 0.1) is 0 Å². The molecule has 7 nitrogen and oxygen atoms in total. The van der Waals surface area contributed by atoms with Gasteiger partial charge >= 0.3 is 5.97 Å². The topological polar surface area (TPSA) is 87.7 Å². The van der Waals surface area contributed by atoms with Gasteiger partial charge in [-0.05, 0) is 67.9 Å². The fourth-order valence-electron chi connectivity index (χ4n) is 3.83. The molecule has 0 spiro atoms. The molecular formula is C25H27N3O4S3. The summed E-state index contributed by atoms with van der Waals surface area (Å²) in [5, 5.41) is 7.06. The Kier molecular flexibility index (Phi) is 8.17. The number of carbonyl (C=O) groups excluding carboxylic acids is 1. The van der Waals surface area contributed by atoms with Crippen molar-refractivity contribution >= 4 is 55.3 Å². The number of thiocarbonyl (C=S) groups is 1. The van der Waals surface area contributed by atoms with E-state index in [0.717, 1.165) is 23.3 Å². The van der Waals surface area contributed by atoms with E-state index in [1.54, 1.807) is 31.2 Å². The molecule has 1 aliphatic heterocycles. The van der Waals surface area contributed by atoms with Crippen molar-refractivity contribution in [3.63, 3.8) is 0 Å². The second-order valence-electron chi connectivity index (χ2n) is 8.05. The monoisotopic (exact) mass is 529 g/mol. The lowest BCUT2D eigenvalue weighted by molar-refractivity contribution is 0.0528. The van der Waals surface area contributed by atoms with Crippen LogP contribution in [0.3, 0.4) is 0 Å². The SMILES string of the molecule is CCOC(=O)c1cc(Cc2ccccc2)sc1NC(=S)Nc1ccc(S(=O)(=O)N2CCCC2)cc1. The average Bonchev–Trinajstić information content (AvgIpc) is 3.51. The van der Waals surface area contributed by atoms with E-state index in [1.807, 2.05) is 36.4 Å². The number of hydrogen-bond donors (Lipinski definition) is 2. The van der Waals surface area contributed by atoms with Gasteiger partial charge in [-0.3, -0.25) is 0 Å². The minimum atomic E-state index is -3.47. The van der Waals surface area contributed by atoms with Crippen molar-refractivity contribution in [2.75, 3.05) is 30.3 Å². The Hall–Kier alpha value is -2.79. The third-order valence-corrected chi connectivity index (χ3v) is 8.71. The molecule has 0 saturated carbocycles. The van der Waals surface area contributed by atoms with Gasteiger partial charge in [0.2, 0.25) is 10.0 Å². The Balaban J connectivity index is 1.46. The highest BCUT2D eigenvalue weighted by Gasteiger charge is 2.27. The van der Waals surface area contributed by atoms with Gasteiger partial charge in [-0.25, -0.2) is 13.2 Å². The highest BCUT2D eigenvalue weighted by molar-refractivity contribution is 7.89. The fraction of sp³-hybridized carbons (Fsp3) is 0.280. The summed E-state index contributed by atoms with van der Waals surface area (Å²) in [5.74, 6) is -0.412. The largest absolute Gasteiger partial charge is 0.462 e. The zero-order valence-corrected chi connectivity index (χ0v) is 21.8. The number of ether oxygens (including phenoxy) is 1. The Morgan fingerprint density at radius 2 is 1.74 bits per heavy atom. The molecule has 0 atom stereocenters. The van der Waals surface area contributed by atoms with Gasteiger partial charge < -0.3 is 15.4 Å². The number of hydrogen-bond acceptors (Lipinski definition) is 6. The molecule has 4 rings (SSSR count).